The van der Waals surface area contributed by atoms with Gasteiger partial charge in [-0.3, -0.25) is 14.5 Å². The molecule has 2 aromatic carbocycles. The van der Waals surface area contributed by atoms with Crippen molar-refractivity contribution in [1.82, 2.24) is 4.98 Å². The van der Waals surface area contributed by atoms with Gasteiger partial charge < -0.3 is 5.32 Å². The van der Waals surface area contributed by atoms with E-state index in [0.717, 1.165) is 17.7 Å². The third-order valence-corrected chi connectivity index (χ3v) is 5.10. The second-order valence-electron chi connectivity index (χ2n) is 5.87. The van der Waals surface area contributed by atoms with Crippen molar-refractivity contribution in [2.24, 2.45) is 0 Å². The number of hydrogen-bond acceptors (Lipinski definition) is 4. The number of nitrogens with zero attached hydrogens (tertiary/aromatic N) is 1. The quantitative estimate of drug-likeness (QED) is 0.599. The van der Waals surface area contributed by atoms with Gasteiger partial charge in [-0.1, -0.05) is 6.07 Å². The lowest BCUT2D eigenvalue weighted by molar-refractivity contribution is -0.111. The number of sulfonamides is 1. The number of anilines is 2. The predicted molar refractivity (Wildman–Crippen MR) is 106 cm³/mol. The Morgan fingerprint density at radius 2 is 1.69 bits per heavy atom. The molecule has 0 saturated heterocycles. The van der Waals surface area contributed by atoms with Gasteiger partial charge >= 0.3 is 0 Å². The van der Waals surface area contributed by atoms with E-state index < -0.39 is 26.6 Å². The van der Waals surface area contributed by atoms with Gasteiger partial charge in [0, 0.05) is 29.8 Å². The highest BCUT2D eigenvalue weighted by molar-refractivity contribution is 7.92. The van der Waals surface area contributed by atoms with Gasteiger partial charge in [0.2, 0.25) is 5.91 Å². The number of carbonyl (C=O) groups excluding carboxylic acids is 1. The van der Waals surface area contributed by atoms with Crippen molar-refractivity contribution in [1.29, 1.82) is 0 Å². The molecule has 0 spiro atoms. The van der Waals surface area contributed by atoms with Crippen LogP contribution in [-0.4, -0.2) is 19.3 Å². The molecule has 0 aliphatic carbocycles. The van der Waals surface area contributed by atoms with Crippen molar-refractivity contribution in [3.8, 4) is 0 Å². The third-order valence-electron chi connectivity index (χ3n) is 3.72. The first-order valence-electron chi connectivity index (χ1n) is 8.30. The zero-order valence-electron chi connectivity index (χ0n) is 14.8. The van der Waals surface area contributed by atoms with Crippen molar-refractivity contribution in [2.45, 2.75) is 4.90 Å². The first-order chi connectivity index (χ1) is 13.8. The summed E-state index contributed by atoms with van der Waals surface area (Å²) < 4.78 is 53.0. The highest BCUT2D eigenvalue weighted by Crippen LogP contribution is 2.20. The van der Waals surface area contributed by atoms with Gasteiger partial charge in [0.05, 0.1) is 4.90 Å². The van der Waals surface area contributed by atoms with Crippen molar-refractivity contribution >= 4 is 33.4 Å². The molecule has 0 saturated carbocycles. The molecule has 6 nitrogen and oxygen atoms in total. The lowest BCUT2D eigenvalue weighted by atomic mass is 10.2. The Morgan fingerprint density at radius 1 is 0.966 bits per heavy atom. The summed E-state index contributed by atoms with van der Waals surface area (Å²) in [4.78, 5) is 15.5. The van der Waals surface area contributed by atoms with Crippen LogP contribution in [-0.2, 0) is 14.8 Å². The molecule has 0 aliphatic rings. The fourth-order valence-corrected chi connectivity index (χ4v) is 3.38. The Kier molecular flexibility index (Phi) is 5.99. The molecule has 0 bridgehead atoms. The number of halogens is 2. The minimum atomic E-state index is -4.09. The van der Waals surface area contributed by atoms with Crippen molar-refractivity contribution in [3.05, 3.63) is 90.3 Å². The summed E-state index contributed by atoms with van der Waals surface area (Å²) >= 11 is 0. The van der Waals surface area contributed by atoms with Gasteiger partial charge in [-0.25, -0.2) is 17.2 Å². The maximum Gasteiger partial charge on any atom is 0.261 e. The lowest BCUT2D eigenvalue weighted by Crippen LogP contribution is -2.13. The second-order valence-corrected chi connectivity index (χ2v) is 7.55. The highest BCUT2D eigenvalue weighted by atomic mass is 32.2. The van der Waals surface area contributed by atoms with E-state index in [2.05, 4.69) is 15.0 Å². The Morgan fingerprint density at radius 3 is 2.34 bits per heavy atom. The fourth-order valence-electron chi connectivity index (χ4n) is 2.31. The van der Waals surface area contributed by atoms with E-state index in [1.807, 2.05) is 0 Å². The molecular formula is C20H15F2N3O3S. The molecule has 0 unspecified atom stereocenters. The zero-order valence-corrected chi connectivity index (χ0v) is 15.7. The Balaban J connectivity index is 1.64. The highest BCUT2D eigenvalue weighted by Gasteiger charge is 2.16. The largest absolute Gasteiger partial charge is 0.323 e. The normalized spacial score (nSPS) is 11.4. The molecule has 148 valence electrons. The molecule has 0 aliphatic heterocycles. The minimum absolute atomic E-state index is 0.193. The summed E-state index contributed by atoms with van der Waals surface area (Å²) in [6.07, 6.45) is 6.18. The molecule has 1 heterocycles. The van der Waals surface area contributed by atoms with Crippen LogP contribution in [0.4, 0.5) is 20.2 Å². The number of rotatable bonds is 6. The van der Waals surface area contributed by atoms with Crippen LogP contribution in [0.3, 0.4) is 0 Å². The number of hydrogen-bond donors (Lipinski definition) is 2. The molecule has 3 rings (SSSR count). The van der Waals surface area contributed by atoms with Crippen LogP contribution in [0.5, 0.6) is 0 Å². The fraction of sp³-hybridized carbons (Fsp3) is 0. The second kappa shape index (κ2) is 8.61. The minimum Gasteiger partial charge on any atom is -0.323 e. The van der Waals surface area contributed by atoms with Gasteiger partial charge in [0.25, 0.3) is 10.0 Å². The van der Waals surface area contributed by atoms with E-state index >= 15 is 0 Å². The number of pyridine rings is 1. The maximum atomic E-state index is 13.3. The zero-order chi connectivity index (χ0) is 20.9. The summed E-state index contributed by atoms with van der Waals surface area (Å²) in [6, 6.07) is 11.7. The number of aromatic nitrogens is 1. The van der Waals surface area contributed by atoms with Gasteiger partial charge in [-0.05, 0) is 60.2 Å². The molecule has 0 fully saturated rings. The van der Waals surface area contributed by atoms with Crippen LogP contribution in [0.15, 0.2) is 78.0 Å². The van der Waals surface area contributed by atoms with E-state index in [1.165, 1.54) is 30.3 Å². The van der Waals surface area contributed by atoms with Gasteiger partial charge in [-0.15, -0.1) is 0 Å². The lowest BCUT2D eigenvalue weighted by Gasteiger charge is -2.09. The molecule has 1 amide bonds. The van der Waals surface area contributed by atoms with Crippen LogP contribution in [0.1, 0.15) is 5.56 Å². The van der Waals surface area contributed by atoms with Crippen LogP contribution in [0.25, 0.3) is 6.08 Å². The van der Waals surface area contributed by atoms with E-state index in [-0.39, 0.29) is 11.6 Å². The summed E-state index contributed by atoms with van der Waals surface area (Å²) in [7, 11) is -4.09. The molecular weight excluding hydrogens is 400 g/mol. The van der Waals surface area contributed by atoms with E-state index in [1.54, 1.807) is 30.6 Å². The third kappa shape index (κ3) is 5.45. The van der Waals surface area contributed by atoms with Crippen LogP contribution >= 0.6 is 0 Å². The Bertz CT molecular complexity index is 1150. The Labute approximate surface area is 166 Å². The van der Waals surface area contributed by atoms with E-state index in [9.17, 15) is 22.0 Å². The number of amides is 1. The average molecular weight is 415 g/mol. The van der Waals surface area contributed by atoms with Gasteiger partial charge in [0.15, 0.2) is 11.6 Å². The molecule has 0 radical (unpaired) electrons. The van der Waals surface area contributed by atoms with E-state index in [4.69, 9.17) is 0 Å². The molecule has 2 N–H and O–H groups in total. The van der Waals surface area contributed by atoms with E-state index in [0.29, 0.717) is 11.8 Å². The summed E-state index contributed by atoms with van der Waals surface area (Å²) in [5.41, 5.74) is 1.41. The van der Waals surface area contributed by atoms with Crippen molar-refractivity contribution in [3.63, 3.8) is 0 Å². The average Bonchev–Trinajstić information content (AvgIpc) is 2.70. The van der Waals surface area contributed by atoms with Crippen LogP contribution in [0, 0.1) is 11.6 Å². The molecule has 0 atom stereocenters. The first kappa shape index (κ1) is 20.2. The summed E-state index contributed by atoms with van der Waals surface area (Å²) in [5.74, 6) is -2.77. The maximum absolute atomic E-state index is 13.3. The smallest absolute Gasteiger partial charge is 0.261 e. The monoisotopic (exact) mass is 415 g/mol. The first-order valence-corrected chi connectivity index (χ1v) is 9.79. The van der Waals surface area contributed by atoms with Crippen LogP contribution in [0.2, 0.25) is 0 Å². The number of nitrogens with one attached hydrogen (secondary N) is 2. The Hall–Kier alpha value is -3.59. The molecule has 9 heteroatoms. The number of benzene rings is 2. The topological polar surface area (TPSA) is 88.2 Å². The summed E-state index contributed by atoms with van der Waals surface area (Å²) in [5, 5.41) is 2.63. The predicted octanol–water partition coefficient (Wildman–Crippen LogP) is 3.81. The van der Waals surface area contributed by atoms with Crippen LogP contribution < -0.4 is 10.0 Å². The standard InChI is InChI=1S/C20H15F2N3O3S/c21-18-9-8-17(12-19(18)22)29(27,28)25-16-6-4-15(5-7-16)24-20(26)10-3-14-2-1-11-23-13-14/h1-13,25H,(H,24,26)/b10-3+. The number of carbonyl (C=O) groups is 1. The molecule has 3 aromatic rings. The molecule has 1 aromatic heterocycles. The van der Waals surface area contributed by atoms with Gasteiger partial charge in [0.1, 0.15) is 0 Å². The molecule has 29 heavy (non-hydrogen) atoms. The SMILES string of the molecule is O=C(/C=C/c1cccnc1)Nc1ccc(NS(=O)(=O)c2ccc(F)c(F)c2)cc1. The van der Waals surface area contributed by atoms with Crippen molar-refractivity contribution < 1.29 is 22.0 Å². The van der Waals surface area contributed by atoms with Gasteiger partial charge in [-0.2, -0.15) is 0 Å². The summed E-state index contributed by atoms with van der Waals surface area (Å²) in [6.45, 7) is 0. The van der Waals surface area contributed by atoms with Crippen molar-refractivity contribution in [2.75, 3.05) is 10.0 Å².